The van der Waals surface area contributed by atoms with Crippen LogP contribution in [0.3, 0.4) is 0 Å². The molecular formula is C23H22N4O6. The molecule has 1 aliphatic rings. The fraction of sp³-hybridized carbons (Fsp3) is 0.174. The van der Waals surface area contributed by atoms with Crippen LogP contribution in [-0.2, 0) is 4.74 Å². The topological polar surface area (TPSA) is 122 Å². The number of aromatic nitrogens is 1. The van der Waals surface area contributed by atoms with E-state index in [2.05, 4.69) is 15.6 Å². The van der Waals surface area contributed by atoms with Gasteiger partial charge in [-0.25, -0.2) is 14.6 Å². The third-order valence-electron chi connectivity index (χ3n) is 4.76. The quantitative estimate of drug-likeness (QED) is 0.463. The fourth-order valence-corrected chi connectivity index (χ4v) is 3.22. The molecule has 2 heterocycles. The van der Waals surface area contributed by atoms with E-state index < -0.39 is 5.97 Å². The first-order valence-corrected chi connectivity index (χ1v) is 10.1. The second-order valence-electron chi connectivity index (χ2n) is 7.01. The summed E-state index contributed by atoms with van der Waals surface area (Å²) in [5, 5.41) is 15.3. The van der Waals surface area contributed by atoms with Gasteiger partial charge in [-0.3, -0.25) is 4.90 Å². The van der Waals surface area contributed by atoms with Gasteiger partial charge in [-0.05, 0) is 42.5 Å². The minimum atomic E-state index is -1.08. The van der Waals surface area contributed by atoms with Crippen LogP contribution in [0.4, 0.5) is 27.8 Å². The van der Waals surface area contributed by atoms with E-state index in [4.69, 9.17) is 14.2 Å². The van der Waals surface area contributed by atoms with Gasteiger partial charge in [-0.2, -0.15) is 0 Å². The number of urea groups is 1. The van der Waals surface area contributed by atoms with Crippen LogP contribution in [0.5, 0.6) is 11.5 Å². The Labute approximate surface area is 189 Å². The smallest absolute Gasteiger partial charge is 0.335 e. The number of carbonyl (C=O) groups excluding carboxylic acids is 1. The van der Waals surface area contributed by atoms with E-state index in [0.717, 1.165) is 0 Å². The van der Waals surface area contributed by atoms with Gasteiger partial charge in [0, 0.05) is 12.8 Å². The molecule has 4 rings (SSSR count). The van der Waals surface area contributed by atoms with Crippen molar-refractivity contribution in [2.45, 2.75) is 0 Å². The average Bonchev–Trinajstić information content (AvgIpc) is 2.83. The number of anilines is 4. The molecule has 1 aromatic heterocycles. The maximum atomic E-state index is 12.9. The van der Waals surface area contributed by atoms with E-state index in [0.29, 0.717) is 47.7 Å². The zero-order valence-electron chi connectivity index (χ0n) is 17.8. The van der Waals surface area contributed by atoms with Gasteiger partial charge in [-0.15, -0.1) is 0 Å². The molecule has 0 spiro atoms. The van der Waals surface area contributed by atoms with Crippen LogP contribution in [0.25, 0.3) is 0 Å². The number of pyridine rings is 1. The number of benzene rings is 2. The summed E-state index contributed by atoms with van der Waals surface area (Å²) in [5.41, 5.74) is 1.12. The number of aromatic carboxylic acids is 1. The number of hydrogen-bond acceptors (Lipinski definition) is 7. The molecule has 1 aliphatic heterocycles. The minimum absolute atomic E-state index is 0.0139. The SMILES string of the molecule is COCOc1ccc(C(=O)O)cc1Nc1ccc2c(n1)N(C(=O)Nc1ccccc1)CCO2. The molecule has 0 saturated heterocycles. The molecule has 2 aromatic carbocycles. The Hall–Kier alpha value is -4.31. The van der Waals surface area contributed by atoms with Crippen LogP contribution < -0.4 is 25.0 Å². The molecule has 0 fully saturated rings. The Balaban J connectivity index is 1.61. The van der Waals surface area contributed by atoms with Crippen molar-refractivity contribution < 1.29 is 28.9 Å². The Kier molecular flexibility index (Phi) is 6.56. The lowest BCUT2D eigenvalue weighted by Crippen LogP contribution is -2.41. The van der Waals surface area contributed by atoms with Crippen molar-refractivity contribution in [2.24, 2.45) is 0 Å². The standard InChI is InChI=1S/C23H22N4O6/c1-31-14-33-18-8-7-15(22(28)29)13-17(18)25-20-10-9-19-21(26-20)27(11-12-32-19)23(30)24-16-5-3-2-4-6-16/h2-10,13H,11-12,14H2,1H3,(H,24,30)(H,25,26)(H,28,29). The maximum absolute atomic E-state index is 12.9. The average molecular weight is 450 g/mol. The highest BCUT2D eigenvalue weighted by atomic mass is 16.7. The highest BCUT2D eigenvalue weighted by Gasteiger charge is 2.26. The van der Waals surface area contributed by atoms with E-state index in [-0.39, 0.29) is 18.4 Å². The maximum Gasteiger partial charge on any atom is 0.335 e. The Morgan fingerprint density at radius 1 is 1.15 bits per heavy atom. The summed E-state index contributed by atoms with van der Waals surface area (Å²) in [6.07, 6.45) is 0. The van der Waals surface area contributed by atoms with Crippen molar-refractivity contribution in [2.75, 3.05) is 42.6 Å². The van der Waals surface area contributed by atoms with Gasteiger partial charge in [0.2, 0.25) is 0 Å². The van der Waals surface area contributed by atoms with Crippen LogP contribution in [0, 0.1) is 0 Å². The molecule has 33 heavy (non-hydrogen) atoms. The third kappa shape index (κ3) is 5.13. The van der Waals surface area contributed by atoms with E-state index in [1.165, 1.54) is 30.2 Å². The van der Waals surface area contributed by atoms with Gasteiger partial charge in [0.15, 0.2) is 18.4 Å². The highest BCUT2D eigenvalue weighted by molar-refractivity contribution is 6.02. The molecule has 170 valence electrons. The highest BCUT2D eigenvalue weighted by Crippen LogP contribution is 2.34. The van der Waals surface area contributed by atoms with Gasteiger partial charge >= 0.3 is 12.0 Å². The number of carboxylic acids is 1. The van der Waals surface area contributed by atoms with Crippen LogP contribution in [0.2, 0.25) is 0 Å². The van der Waals surface area contributed by atoms with Crippen molar-refractivity contribution in [3.8, 4) is 11.5 Å². The number of ether oxygens (including phenoxy) is 3. The lowest BCUT2D eigenvalue weighted by Gasteiger charge is -2.29. The van der Waals surface area contributed by atoms with E-state index in [1.807, 2.05) is 18.2 Å². The van der Waals surface area contributed by atoms with Crippen LogP contribution >= 0.6 is 0 Å². The summed E-state index contributed by atoms with van der Waals surface area (Å²) in [4.78, 5) is 30.3. The molecule has 3 N–H and O–H groups in total. The summed E-state index contributed by atoms with van der Waals surface area (Å²) in [6, 6.07) is 16.5. The van der Waals surface area contributed by atoms with Gasteiger partial charge < -0.3 is 30.0 Å². The van der Waals surface area contributed by atoms with Crippen molar-refractivity contribution in [3.63, 3.8) is 0 Å². The molecule has 0 radical (unpaired) electrons. The monoisotopic (exact) mass is 450 g/mol. The number of para-hydroxylation sites is 1. The van der Waals surface area contributed by atoms with Gasteiger partial charge in [0.1, 0.15) is 18.2 Å². The Morgan fingerprint density at radius 3 is 2.73 bits per heavy atom. The minimum Gasteiger partial charge on any atom is -0.488 e. The second-order valence-corrected chi connectivity index (χ2v) is 7.01. The fourth-order valence-electron chi connectivity index (χ4n) is 3.22. The summed E-state index contributed by atoms with van der Waals surface area (Å²) in [6.45, 7) is 0.637. The van der Waals surface area contributed by atoms with Crippen molar-refractivity contribution >= 4 is 35.0 Å². The Bertz CT molecular complexity index is 1150. The summed E-state index contributed by atoms with van der Waals surface area (Å²) in [5.74, 6) is 0.489. The van der Waals surface area contributed by atoms with E-state index in [9.17, 15) is 14.7 Å². The summed E-state index contributed by atoms with van der Waals surface area (Å²) in [7, 11) is 1.48. The molecule has 10 heteroatoms. The first-order valence-electron chi connectivity index (χ1n) is 10.1. The van der Waals surface area contributed by atoms with Gasteiger partial charge in [0.05, 0.1) is 17.8 Å². The first-order chi connectivity index (χ1) is 16.0. The number of methoxy groups -OCH3 is 1. The zero-order chi connectivity index (χ0) is 23.2. The van der Waals surface area contributed by atoms with Crippen LogP contribution in [0.15, 0.2) is 60.7 Å². The summed E-state index contributed by atoms with van der Waals surface area (Å²) >= 11 is 0. The lowest BCUT2D eigenvalue weighted by molar-refractivity contribution is 0.0516. The number of carbonyl (C=O) groups is 2. The number of carboxylic acid groups (broad SMARTS) is 1. The van der Waals surface area contributed by atoms with Gasteiger partial charge in [0.25, 0.3) is 0 Å². The summed E-state index contributed by atoms with van der Waals surface area (Å²) < 4.78 is 16.1. The number of nitrogens with zero attached hydrogens (tertiary/aromatic N) is 2. The molecule has 10 nitrogen and oxygen atoms in total. The van der Waals surface area contributed by atoms with Crippen molar-refractivity contribution in [1.29, 1.82) is 0 Å². The molecule has 0 atom stereocenters. The second kappa shape index (κ2) is 9.88. The van der Waals surface area contributed by atoms with Crippen molar-refractivity contribution in [1.82, 2.24) is 4.98 Å². The largest absolute Gasteiger partial charge is 0.488 e. The third-order valence-corrected chi connectivity index (χ3v) is 4.76. The molecule has 0 aliphatic carbocycles. The number of fused-ring (bicyclic) bond motifs is 1. The van der Waals surface area contributed by atoms with E-state index in [1.54, 1.807) is 24.3 Å². The Morgan fingerprint density at radius 2 is 1.97 bits per heavy atom. The number of rotatable bonds is 7. The molecule has 0 unspecified atom stereocenters. The number of hydrogen-bond donors (Lipinski definition) is 3. The van der Waals surface area contributed by atoms with Gasteiger partial charge in [-0.1, -0.05) is 18.2 Å². The predicted octanol–water partition coefficient (Wildman–Crippen LogP) is 3.94. The molecule has 2 amide bonds. The van der Waals surface area contributed by atoms with Crippen LogP contribution in [-0.4, -0.2) is 49.1 Å². The molecular weight excluding hydrogens is 428 g/mol. The number of nitrogens with one attached hydrogen (secondary N) is 2. The van der Waals surface area contributed by atoms with Crippen molar-refractivity contribution in [3.05, 3.63) is 66.2 Å². The normalized spacial score (nSPS) is 12.3. The predicted molar refractivity (Wildman–Crippen MR) is 122 cm³/mol. The lowest BCUT2D eigenvalue weighted by atomic mass is 10.2. The molecule has 0 bridgehead atoms. The molecule has 3 aromatic rings. The van der Waals surface area contributed by atoms with E-state index >= 15 is 0 Å². The molecule has 0 saturated carbocycles. The zero-order valence-corrected chi connectivity index (χ0v) is 17.8. The van der Waals surface area contributed by atoms with Crippen LogP contribution in [0.1, 0.15) is 10.4 Å². The first kappa shape index (κ1) is 21.9. The number of amides is 2.